The summed E-state index contributed by atoms with van der Waals surface area (Å²) in [5.41, 5.74) is 0. The Labute approximate surface area is 109 Å². The molecule has 0 radical (unpaired) electrons. The number of likely N-dealkylation sites (tertiary alicyclic amines) is 2. The van der Waals surface area contributed by atoms with Gasteiger partial charge < -0.3 is 14.7 Å². The van der Waals surface area contributed by atoms with E-state index < -0.39 is 6.10 Å². The fourth-order valence-corrected chi connectivity index (χ4v) is 2.96. The molecular weight excluding hydrogens is 232 g/mol. The molecule has 2 fully saturated rings. The molecule has 0 saturated carbocycles. The molecular formula is C13H24N2O3. The average Bonchev–Trinajstić information content (AvgIpc) is 2.78. The minimum Gasteiger partial charge on any atom is -0.468 e. The van der Waals surface area contributed by atoms with Gasteiger partial charge in [-0.05, 0) is 25.9 Å². The van der Waals surface area contributed by atoms with Gasteiger partial charge in [-0.3, -0.25) is 9.69 Å². The van der Waals surface area contributed by atoms with E-state index in [4.69, 9.17) is 4.74 Å². The first kappa shape index (κ1) is 13.8. The summed E-state index contributed by atoms with van der Waals surface area (Å²) in [4.78, 5) is 16.1. The van der Waals surface area contributed by atoms with E-state index in [1.54, 1.807) is 0 Å². The number of aliphatic hydroxyl groups excluding tert-OH is 1. The number of piperidine rings is 1. The zero-order chi connectivity index (χ0) is 13.0. The van der Waals surface area contributed by atoms with E-state index in [0.717, 1.165) is 13.1 Å². The molecule has 0 spiro atoms. The number of nitrogens with zero attached hydrogens (tertiary/aromatic N) is 2. The molecule has 5 heteroatoms. The van der Waals surface area contributed by atoms with Gasteiger partial charge in [0.25, 0.3) is 0 Å². The number of ether oxygens (including phenoxy) is 1. The Balaban J connectivity index is 1.80. The molecule has 2 atom stereocenters. The van der Waals surface area contributed by atoms with Gasteiger partial charge in [0.1, 0.15) is 6.04 Å². The summed E-state index contributed by atoms with van der Waals surface area (Å²) >= 11 is 0. The van der Waals surface area contributed by atoms with Crippen LogP contribution >= 0.6 is 0 Å². The maximum Gasteiger partial charge on any atom is 0.323 e. The van der Waals surface area contributed by atoms with Crippen molar-refractivity contribution in [2.24, 2.45) is 0 Å². The van der Waals surface area contributed by atoms with Crippen LogP contribution in [0.4, 0.5) is 0 Å². The molecule has 104 valence electrons. The summed E-state index contributed by atoms with van der Waals surface area (Å²) in [6.45, 7) is 4.75. The molecule has 0 aromatic heterocycles. The second-order valence-electron chi connectivity index (χ2n) is 5.33. The van der Waals surface area contributed by atoms with Crippen LogP contribution in [0.5, 0.6) is 0 Å². The molecule has 0 bridgehead atoms. The predicted octanol–water partition coefficient (Wildman–Crippen LogP) is 0.0805. The largest absolute Gasteiger partial charge is 0.468 e. The number of β-amino-alcohol motifs (C(OH)–C–C–N with tert-alkyl or cyclic N) is 1. The lowest BCUT2D eigenvalue weighted by molar-refractivity contribution is -0.146. The van der Waals surface area contributed by atoms with Crippen molar-refractivity contribution < 1.29 is 14.6 Å². The maximum atomic E-state index is 11.6. The topological polar surface area (TPSA) is 53.0 Å². The molecule has 2 rings (SSSR count). The van der Waals surface area contributed by atoms with Crippen molar-refractivity contribution in [2.45, 2.75) is 37.8 Å². The molecule has 2 aliphatic heterocycles. The van der Waals surface area contributed by atoms with Gasteiger partial charge in [-0.2, -0.15) is 0 Å². The van der Waals surface area contributed by atoms with Crippen LogP contribution in [-0.4, -0.2) is 72.9 Å². The molecule has 1 N–H and O–H groups in total. The number of hydrogen-bond donors (Lipinski definition) is 1. The summed E-state index contributed by atoms with van der Waals surface area (Å²) in [7, 11) is 1.41. The van der Waals surface area contributed by atoms with Crippen LogP contribution in [-0.2, 0) is 9.53 Å². The molecule has 0 amide bonds. The number of rotatable bonds is 4. The summed E-state index contributed by atoms with van der Waals surface area (Å²) in [6.07, 6.45) is 4.01. The summed E-state index contributed by atoms with van der Waals surface area (Å²) in [6, 6.07) is -0.255. The smallest absolute Gasteiger partial charge is 0.323 e. The molecule has 5 nitrogen and oxygen atoms in total. The lowest BCUT2D eigenvalue weighted by Gasteiger charge is -2.29. The quantitative estimate of drug-likeness (QED) is 0.722. The molecule has 0 aromatic rings. The fraction of sp³-hybridized carbons (Fsp3) is 0.923. The molecule has 2 heterocycles. The lowest BCUT2D eigenvalue weighted by atomic mass is 10.1. The molecule has 18 heavy (non-hydrogen) atoms. The van der Waals surface area contributed by atoms with Crippen molar-refractivity contribution in [1.82, 2.24) is 9.80 Å². The monoisotopic (exact) mass is 256 g/mol. The van der Waals surface area contributed by atoms with E-state index in [-0.39, 0.29) is 12.0 Å². The van der Waals surface area contributed by atoms with E-state index in [2.05, 4.69) is 9.80 Å². The molecule has 2 saturated heterocycles. The number of methoxy groups -OCH3 is 1. The summed E-state index contributed by atoms with van der Waals surface area (Å²) in [5, 5.41) is 9.69. The Morgan fingerprint density at radius 3 is 2.67 bits per heavy atom. The van der Waals surface area contributed by atoms with Gasteiger partial charge in [0.15, 0.2) is 0 Å². The molecule has 0 aromatic carbocycles. The summed E-state index contributed by atoms with van der Waals surface area (Å²) in [5.74, 6) is -0.217. The highest BCUT2D eigenvalue weighted by atomic mass is 16.5. The molecule has 0 aliphatic carbocycles. The number of esters is 1. The Bertz CT molecular complexity index is 279. The van der Waals surface area contributed by atoms with E-state index >= 15 is 0 Å². The Morgan fingerprint density at radius 2 is 2.00 bits per heavy atom. The molecule has 2 unspecified atom stereocenters. The number of hydrogen-bond acceptors (Lipinski definition) is 5. The van der Waals surface area contributed by atoms with Crippen LogP contribution in [0.25, 0.3) is 0 Å². The van der Waals surface area contributed by atoms with Crippen molar-refractivity contribution >= 4 is 5.97 Å². The van der Waals surface area contributed by atoms with Crippen LogP contribution in [0, 0.1) is 0 Å². The zero-order valence-corrected chi connectivity index (χ0v) is 11.2. The standard InChI is InChI=1S/C13H24N2O3/c1-18-13(17)12-9-11(16)10-15(12)8-7-14-5-3-2-4-6-14/h11-12,16H,2-10H2,1H3. The number of carbonyl (C=O) groups is 1. The van der Waals surface area contributed by atoms with E-state index in [0.29, 0.717) is 13.0 Å². The summed E-state index contributed by atoms with van der Waals surface area (Å²) < 4.78 is 4.80. The van der Waals surface area contributed by atoms with Crippen molar-refractivity contribution in [1.29, 1.82) is 0 Å². The third-order valence-corrected chi connectivity index (χ3v) is 4.01. The van der Waals surface area contributed by atoms with Crippen molar-refractivity contribution in [2.75, 3.05) is 39.8 Å². The highest BCUT2D eigenvalue weighted by molar-refractivity contribution is 5.76. The second kappa shape index (κ2) is 6.50. The third-order valence-electron chi connectivity index (χ3n) is 4.01. The lowest BCUT2D eigenvalue weighted by Crippen LogP contribution is -2.43. The fourth-order valence-electron chi connectivity index (χ4n) is 2.96. The maximum absolute atomic E-state index is 11.6. The van der Waals surface area contributed by atoms with E-state index in [9.17, 15) is 9.90 Å². The third kappa shape index (κ3) is 3.43. The van der Waals surface area contributed by atoms with Crippen molar-refractivity contribution in [3.63, 3.8) is 0 Å². The van der Waals surface area contributed by atoms with Crippen LogP contribution < -0.4 is 0 Å². The normalized spacial score (nSPS) is 30.6. The highest BCUT2D eigenvalue weighted by Gasteiger charge is 2.36. The Hall–Kier alpha value is -0.650. The first-order valence-corrected chi connectivity index (χ1v) is 6.93. The van der Waals surface area contributed by atoms with Crippen LogP contribution in [0.2, 0.25) is 0 Å². The van der Waals surface area contributed by atoms with Gasteiger partial charge in [-0.1, -0.05) is 6.42 Å². The number of aliphatic hydroxyl groups is 1. The van der Waals surface area contributed by atoms with E-state index in [1.165, 1.54) is 39.5 Å². The highest BCUT2D eigenvalue weighted by Crippen LogP contribution is 2.19. The van der Waals surface area contributed by atoms with Crippen LogP contribution in [0.15, 0.2) is 0 Å². The van der Waals surface area contributed by atoms with Crippen molar-refractivity contribution in [3.05, 3.63) is 0 Å². The van der Waals surface area contributed by atoms with Gasteiger partial charge in [0, 0.05) is 26.1 Å². The average molecular weight is 256 g/mol. The number of carbonyl (C=O) groups excluding carboxylic acids is 1. The van der Waals surface area contributed by atoms with Gasteiger partial charge >= 0.3 is 5.97 Å². The van der Waals surface area contributed by atoms with Crippen LogP contribution in [0.1, 0.15) is 25.7 Å². The first-order chi connectivity index (χ1) is 8.70. The minimum atomic E-state index is -0.393. The van der Waals surface area contributed by atoms with Crippen molar-refractivity contribution in [3.8, 4) is 0 Å². The molecule has 2 aliphatic rings. The van der Waals surface area contributed by atoms with Crippen LogP contribution in [0.3, 0.4) is 0 Å². The van der Waals surface area contributed by atoms with Gasteiger partial charge in [0.2, 0.25) is 0 Å². The van der Waals surface area contributed by atoms with E-state index in [1.807, 2.05) is 0 Å². The predicted molar refractivity (Wildman–Crippen MR) is 68.3 cm³/mol. The van der Waals surface area contributed by atoms with Gasteiger partial charge in [-0.15, -0.1) is 0 Å². The SMILES string of the molecule is COC(=O)C1CC(O)CN1CCN1CCCCC1. The first-order valence-electron chi connectivity index (χ1n) is 6.93. The minimum absolute atomic E-state index is 0.217. The second-order valence-corrected chi connectivity index (χ2v) is 5.33. The zero-order valence-electron chi connectivity index (χ0n) is 11.2. The Morgan fingerprint density at radius 1 is 1.28 bits per heavy atom. The van der Waals surface area contributed by atoms with Gasteiger partial charge in [-0.25, -0.2) is 0 Å². The van der Waals surface area contributed by atoms with Gasteiger partial charge in [0.05, 0.1) is 13.2 Å². The Kier molecular flexibility index (Phi) is 4.97.